The number of nitrogens with zero attached hydrogens (tertiary/aromatic N) is 2. The third-order valence-corrected chi connectivity index (χ3v) is 3.22. The van der Waals surface area contributed by atoms with Gasteiger partial charge in [-0.15, -0.1) is 10.2 Å². The van der Waals surface area contributed by atoms with Crippen molar-refractivity contribution in [2.75, 3.05) is 0 Å². The molecule has 0 radical (unpaired) electrons. The Balaban J connectivity index is 2.12. The fraction of sp³-hybridized carbons (Fsp3) is 0.250. The average molecular weight is 346 g/mol. The van der Waals surface area contributed by atoms with Crippen LogP contribution in [0.25, 0.3) is 0 Å². The van der Waals surface area contributed by atoms with Crippen LogP contribution in [0, 0.1) is 6.92 Å². The predicted molar refractivity (Wildman–Crippen MR) is 72.0 cm³/mol. The van der Waals surface area contributed by atoms with Crippen LogP contribution in [0.5, 0.6) is 0 Å². The zero-order valence-electron chi connectivity index (χ0n) is 10.2. The molecule has 0 unspecified atom stereocenters. The molecule has 7 heteroatoms. The highest BCUT2D eigenvalue weighted by molar-refractivity contribution is 9.10. The number of carbonyl (C=O) groups is 1. The van der Waals surface area contributed by atoms with Gasteiger partial charge in [0.15, 0.2) is 6.10 Å². The lowest BCUT2D eigenvalue weighted by atomic mass is 10.2. The summed E-state index contributed by atoms with van der Waals surface area (Å²) in [6.45, 7) is 3.33. The summed E-state index contributed by atoms with van der Waals surface area (Å²) < 4.78 is 11.0. The van der Waals surface area contributed by atoms with Crippen LogP contribution >= 0.6 is 27.5 Å². The summed E-state index contributed by atoms with van der Waals surface area (Å²) >= 11 is 9.07. The number of carbonyl (C=O) groups excluding carboxylic acids is 1. The van der Waals surface area contributed by atoms with Crippen molar-refractivity contribution >= 4 is 33.5 Å². The van der Waals surface area contributed by atoms with Crippen molar-refractivity contribution in [3.05, 3.63) is 45.0 Å². The highest BCUT2D eigenvalue weighted by Gasteiger charge is 2.20. The normalized spacial score (nSPS) is 12.2. The van der Waals surface area contributed by atoms with E-state index in [9.17, 15) is 4.79 Å². The smallest absolute Gasteiger partial charge is 0.340 e. The van der Waals surface area contributed by atoms with Crippen LogP contribution < -0.4 is 0 Å². The first-order valence-corrected chi connectivity index (χ1v) is 6.60. The number of hydrogen-bond donors (Lipinski definition) is 0. The maximum Gasteiger partial charge on any atom is 0.340 e. The molecule has 1 atom stereocenters. The van der Waals surface area contributed by atoms with E-state index in [1.54, 1.807) is 32.0 Å². The van der Waals surface area contributed by atoms with Crippen molar-refractivity contribution in [2.45, 2.75) is 20.0 Å². The molecule has 1 heterocycles. The molecule has 1 aromatic carbocycles. The summed E-state index contributed by atoms with van der Waals surface area (Å²) in [4.78, 5) is 12.0. The van der Waals surface area contributed by atoms with E-state index in [1.807, 2.05) is 0 Å². The van der Waals surface area contributed by atoms with Crippen LogP contribution in [0.2, 0.25) is 5.02 Å². The minimum Gasteiger partial charge on any atom is -0.449 e. The topological polar surface area (TPSA) is 65.2 Å². The molecular weight excluding hydrogens is 336 g/mol. The third kappa shape index (κ3) is 3.33. The number of aryl methyl sites for hydroxylation is 1. The van der Waals surface area contributed by atoms with Gasteiger partial charge in [0.1, 0.15) is 0 Å². The van der Waals surface area contributed by atoms with Gasteiger partial charge in [0.2, 0.25) is 5.89 Å². The van der Waals surface area contributed by atoms with Gasteiger partial charge < -0.3 is 9.15 Å². The van der Waals surface area contributed by atoms with Crippen molar-refractivity contribution in [1.82, 2.24) is 10.2 Å². The summed E-state index contributed by atoms with van der Waals surface area (Å²) in [6, 6.07) is 4.82. The molecule has 0 saturated heterocycles. The molecule has 19 heavy (non-hydrogen) atoms. The van der Waals surface area contributed by atoms with Crippen molar-refractivity contribution in [1.29, 1.82) is 0 Å². The minimum atomic E-state index is -0.615. The van der Waals surface area contributed by atoms with E-state index in [1.165, 1.54) is 0 Å². The first-order chi connectivity index (χ1) is 8.97. The van der Waals surface area contributed by atoms with E-state index in [0.717, 1.165) is 0 Å². The molecule has 2 aromatic rings. The lowest BCUT2D eigenvalue weighted by molar-refractivity contribution is 0.0276. The predicted octanol–water partition coefficient (Wildman–Crippen LogP) is 3.71. The number of halogens is 2. The molecule has 0 N–H and O–H groups in total. The first-order valence-electron chi connectivity index (χ1n) is 5.43. The maximum absolute atomic E-state index is 12.0. The van der Waals surface area contributed by atoms with E-state index in [4.69, 9.17) is 20.8 Å². The Morgan fingerprint density at radius 2 is 2.21 bits per heavy atom. The van der Waals surface area contributed by atoms with Gasteiger partial charge in [0.05, 0.1) is 5.56 Å². The number of ether oxygens (including phenoxy) is 1. The van der Waals surface area contributed by atoms with Gasteiger partial charge in [-0.2, -0.15) is 0 Å². The molecule has 0 spiro atoms. The molecule has 100 valence electrons. The Morgan fingerprint density at radius 1 is 1.47 bits per heavy atom. The summed E-state index contributed by atoms with van der Waals surface area (Å²) in [5.74, 6) is 0.188. The fourth-order valence-corrected chi connectivity index (χ4v) is 2.25. The van der Waals surface area contributed by atoms with Crippen molar-refractivity contribution in [3.63, 3.8) is 0 Å². The largest absolute Gasteiger partial charge is 0.449 e. The van der Waals surface area contributed by atoms with Gasteiger partial charge >= 0.3 is 5.97 Å². The molecule has 2 rings (SSSR count). The van der Waals surface area contributed by atoms with Crippen molar-refractivity contribution in [3.8, 4) is 0 Å². The number of esters is 1. The second kappa shape index (κ2) is 5.71. The monoisotopic (exact) mass is 344 g/mol. The standard InChI is InChI=1S/C12H10BrClN2O3/c1-6(11-16-15-7(2)19-11)18-12(17)9-4-3-8(14)5-10(9)13/h3-6H,1-2H3/t6-/m1/s1. The van der Waals surface area contributed by atoms with Crippen molar-refractivity contribution in [2.24, 2.45) is 0 Å². The van der Waals surface area contributed by atoms with E-state index >= 15 is 0 Å². The molecule has 0 aliphatic carbocycles. The Hall–Kier alpha value is -1.40. The zero-order valence-corrected chi connectivity index (χ0v) is 12.5. The molecular formula is C12H10BrClN2O3. The van der Waals surface area contributed by atoms with Gasteiger partial charge in [-0.05, 0) is 41.1 Å². The molecule has 0 amide bonds. The average Bonchev–Trinajstić information content (AvgIpc) is 2.75. The summed E-state index contributed by atoms with van der Waals surface area (Å²) in [5.41, 5.74) is 0.382. The Morgan fingerprint density at radius 3 is 2.79 bits per heavy atom. The van der Waals surface area contributed by atoms with E-state index in [0.29, 0.717) is 20.9 Å². The maximum atomic E-state index is 12.0. The molecule has 0 saturated carbocycles. The summed E-state index contributed by atoms with van der Waals surface area (Å²) in [5, 5.41) is 8.02. The van der Waals surface area contributed by atoms with Gasteiger partial charge in [-0.25, -0.2) is 4.79 Å². The van der Waals surface area contributed by atoms with Crippen molar-refractivity contribution < 1.29 is 13.9 Å². The Kier molecular flexibility index (Phi) is 4.21. The quantitative estimate of drug-likeness (QED) is 0.793. The zero-order chi connectivity index (χ0) is 14.0. The molecule has 0 fully saturated rings. The number of aromatic nitrogens is 2. The number of hydrogen-bond acceptors (Lipinski definition) is 5. The van der Waals surface area contributed by atoms with Crippen LogP contribution in [-0.2, 0) is 4.74 Å². The van der Waals surface area contributed by atoms with Crippen LogP contribution in [0.1, 0.15) is 35.2 Å². The van der Waals surface area contributed by atoms with Gasteiger partial charge in [-0.3, -0.25) is 0 Å². The Labute approximate surface area is 123 Å². The highest BCUT2D eigenvalue weighted by Crippen LogP contribution is 2.24. The van der Waals surface area contributed by atoms with E-state index < -0.39 is 12.1 Å². The number of benzene rings is 1. The van der Waals surface area contributed by atoms with E-state index in [2.05, 4.69) is 26.1 Å². The number of rotatable bonds is 3. The van der Waals surface area contributed by atoms with Crippen LogP contribution in [0.4, 0.5) is 0 Å². The second-order valence-corrected chi connectivity index (χ2v) is 5.12. The lowest BCUT2D eigenvalue weighted by Gasteiger charge is -2.10. The fourth-order valence-electron chi connectivity index (χ4n) is 1.41. The van der Waals surface area contributed by atoms with E-state index in [-0.39, 0.29) is 5.89 Å². The molecule has 0 aliphatic rings. The first kappa shape index (κ1) is 14.0. The third-order valence-electron chi connectivity index (χ3n) is 2.32. The van der Waals surface area contributed by atoms with Gasteiger partial charge in [-0.1, -0.05) is 11.6 Å². The Bertz CT molecular complexity index is 615. The minimum absolute atomic E-state index is 0.260. The van der Waals surface area contributed by atoms with Crippen LogP contribution in [0.3, 0.4) is 0 Å². The molecule has 0 bridgehead atoms. The van der Waals surface area contributed by atoms with Crippen LogP contribution in [-0.4, -0.2) is 16.2 Å². The second-order valence-electron chi connectivity index (χ2n) is 3.83. The van der Waals surface area contributed by atoms with Gasteiger partial charge in [0, 0.05) is 16.4 Å². The molecule has 0 aliphatic heterocycles. The lowest BCUT2D eigenvalue weighted by Crippen LogP contribution is -2.10. The highest BCUT2D eigenvalue weighted by atomic mass is 79.9. The van der Waals surface area contributed by atoms with Gasteiger partial charge in [0.25, 0.3) is 5.89 Å². The molecule has 1 aromatic heterocycles. The van der Waals surface area contributed by atoms with Crippen LogP contribution in [0.15, 0.2) is 27.1 Å². The molecule has 5 nitrogen and oxygen atoms in total. The summed E-state index contributed by atoms with van der Waals surface area (Å²) in [7, 11) is 0. The SMILES string of the molecule is Cc1nnc([C@@H](C)OC(=O)c2ccc(Cl)cc2Br)o1. The summed E-state index contributed by atoms with van der Waals surface area (Å²) in [6.07, 6.45) is -0.615.